The van der Waals surface area contributed by atoms with Gasteiger partial charge in [0.05, 0.1) is 0 Å². The van der Waals surface area contributed by atoms with Crippen LogP contribution >= 0.6 is 0 Å². The zero-order valence-electron chi connectivity index (χ0n) is 9.01. The van der Waals surface area contributed by atoms with Crippen molar-refractivity contribution in [2.45, 2.75) is 32.1 Å². The highest BCUT2D eigenvalue weighted by atomic mass is 19.1. The van der Waals surface area contributed by atoms with Gasteiger partial charge in [0.25, 0.3) is 0 Å². The number of benzene rings is 1. The summed E-state index contributed by atoms with van der Waals surface area (Å²) in [6, 6.07) is 6.71. The van der Waals surface area contributed by atoms with Crippen LogP contribution in [0, 0.1) is 11.7 Å². The highest BCUT2D eigenvalue weighted by Gasteiger charge is 2.17. The van der Waals surface area contributed by atoms with Gasteiger partial charge in [-0.05, 0) is 42.0 Å². The molecule has 80 valence electrons. The number of hydrogen-bond acceptors (Lipinski definition) is 0. The van der Waals surface area contributed by atoms with Crippen molar-refractivity contribution in [2.75, 3.05) is 0 Å². The summed E-state index contributed by atoms with van der Waals surface area (Å²) in [6.45, 7) is 4.16. The summed E-state index contributed by atoms with van der Waals surface area (Å²) in [7, 11) is 0. The first-order valence-electron chi connectivity index (χ1n) is 5.72. The van der Waals surface area contributed by atoms with Gasteiger partial charge < -0.3 is 0 Å². The highest BCUT2D eigenvalue weighted by Crippen LogP contribution is 2.33. The van der Waals surface area contributed by atoms with Crippen molar-refractivity contribution in [1.82, 2.24) is 0 Å². The van der Waals surface area contributed by atoms with Crippen LogP contribution in [0.1, 0.15) is 37.7 Å². The molecule has 15 heavy (non-hydrogen) atoms. The molecular formula is C14H17F. The SMILES string of the molecule is C=C(c1ccc(F)cc1)C1CCCCC1. The molecule has 0 atom stereocenters. The summed E-state index contributed by atoms with van der Waals surface area (Å²) in [4.78, 5) is 0. The second-order valence-electron chi connectivity index (χ2n) is 4.37. The molecule has 0 amide bonds. The van der Waals surface area contributed by atoms with Crippen molar-refractivity contribution in [3.8, 4) is 0 Å². The smallest absolute Gasteiger partial charge is 0.123 e. The lowest BCUT2D eigenvalue weighted by atomic mass is 9.82. The van der Waals surface area contributed by atoms with Crippen molar-refractivity contribution in [1.29, 1.82) is 0 Å². The van der Waals surface area contributed by atoms with Crippen LogP contribution in [-0.2, 0) is 0 Å². The van der Waals surface area contributed by atoms with Crippen LogP contribution in [0.4, 0.5) is 4.39 Å². The predicted molar refractivity (Wildman–Crippen MR) is 62.0 cm³/mol. The molecule has 0 radical (unpaired) electrons. The first-order chi connectivity index (χ1) is 7.27. The van der Waals surface area contributed by atoms with Gasteiger partial charge in [0.2, 0.25) is 0 Å². The summed E-state index contributed by atoms with van der Waals surface area (Å²) in [5.41, 5.74) is 2.29. The lowest BCUT2D eigenvalue weighted by Crippen LogP contribution is -2.07. The van der Waals surface area contributed by atoms with Gasteiger partial charge in [-0.3, -0.25) is 0 Å². The molecule has 0 aromatic heterocycles. The van der Waals surface area contributed by atoms with E-state index in [0.29, 0.717) is 5.92 Å². The van der Waals surface area contributed by atoms with Gasteiger partial charge in [-0.2, -0.15) is 0 Å². The number of halogens is 1. The molecule has 1 aliphatic carbocycles. The van der Waals surface area contributed by atoms with E-state index in [4.69, 9.17) is 0 Å². The van der Waals surface area contributed by atoms with Gasteiger partial charge in [-0.25, -0.2) is 4.39 Å². The fourth-order valence-electron chi connectivity index (χ4n) is 2.35. The third-order valence-corrected chi connectivity index (χ3v) is 3.31. The number of allylic oxidation sites excluding steroid dienone is 1. The monoisotopic (exact) mass is 204 g/mol. The molecular weight excluding hydrogens is 187 g/mol. The average Bonchev–Trinajstić information content (AvgIpc) is 2.30. The van der Waals surface area contributed by atoms with Crippen LogP contribution in [0.5, 0.6) is 0 Å². The second kappa shape index (κ2) is 4.61. The van der Waals surface area contributed by atoms with Gasteiger partial charge in [-0.15, -0.1) is 0 Å². The Morgan fingerprint density at radius 2 is 1.67 bits per heavy atom. The maximum atomic E-state index is 12.8. The normalized spacial score (nSPS) is 17.7. The summed E-state index contributed by atoms with van der Waals surface area (Å²) in [6.07, 6.45) is 6.47. The maximum Gasteiger partial charge on any atom is 0.123 e. The summed E-state index contributed by atoms with van der Waals surface area (Å²) in [5, 5.41) is 0. The van der Waals surface area contributed by atoms with Gasteiger partial charge in [0, 0.05) is 0 Å². The van der Waals surface area contributed by atoms with E-state index >= 15 is 0 Å². The van der Waals surface area contributed by atoms with Crippen molar-refractivity contribution >= 4 is 5.57 Å². The van der Waals surface area contributed by atoms with E-state index in [1.807, 2.05) is 12.1 Å². The fourth-order valence-corrected chi connectivity index (χ4v) is 2.35. The lowest BCUT2D eigenvalue weighted by Gasteiger charge is -2.23. The Bertz CT molecular complexity index is 331. The second-order valence-corrected chi connectivity index (χ2v) is 4.37. The van der Waals surface area contributed by atoms with Gasteiger partial charge >= 0.3 is 0 Å². The minimum Gasteiger partial charge on any atom is -0.207 e. The topological polar surface area (TPSA) is 0 Å². The average molecular weight is 204 g/mol. The van der Waals surface area contributed by atoms with Gasteiger partial charge in [-0.1, -0.05) is 38.0 Å². The first kappa shape index (κ1) is 10.4. The molecule has 0 saturated heterocycles. The van der Waals surface area contributed by atoms with E-state index in [9.17, 15) is 4.39 Å². The zero-order chi connectivity index (χ0) is 10.7. The molecule has 0 nitrogen and oxygen atoms in total. The van der Waals surface area contributed by atoms with Crippen molar-refractivity contribution in [2.24, 2.45) is 5.92 Å². The van der Waals surface area contributed by atoms with Crippen molar-refractivity contribution in [3.63, 3.8) is 0 Å². The van der Waals surface area contributed by atoms with E-state index in [0.717, 1.165) is 5.56 Å². The Hall–Kier alpha value is -1.11. The molecule has 0 spiro atoms. The van der Waals surface area contributed by atoms with Crippen LogP contribution < -0.4 is 0 Å². The lowest BCUT2D eigenvalue weighted by molar-refractivity contribution is 0.430. The van der Waals surface area contributed by atoms with Crippen LogP contribution in [0.25, 0.3) is 5.57 Å². The Balaban J connectivity index is 2.09. The molecule has 0 N–H and O–H groups in total. The molecule has 1 heteroatoms. The Labute approximate surface area is 90.8 Å². The quantitative estimate of drug-likeness (QED) is 0.669. The molecule has 0 bridgehead atoms. The molecule has 2 rings (SSSR count). The van der Waals surface area contributed by atoms with E-state index in [-0.39, 0.29) is 5.82 Å². The maximum absolute atomic E-state index is 12.8. The molecule has 1 aliphatic rings. The number of hydrogen-bond donors (Lipinski definition) is 0. The van der Waals surface area contributed by atoms with Crippen LogP contribution in [0.15, 0.2) is 30.8 Å². The Morgan fingerprint density at radius 3 is 2.27 bits per heavy atom. The van der Waals surface area contributed by atoms with Crippen molar-refractivity contribution < 1.29 is 4.39 Å². The third kappa shape index (κ3) is 2.47. The molecule has 0 unspecified atom stereocenters. The molecule has 1 fully saturated rings. The van der Waals surface area contributed by atoms with E-state index in [2.05, 4.69) is 6.58 Å². The zero-order valence-corrected chi connectivity index (χ0v) is 9.01. The van der Waals surface area contributed by atoms with E-state index in [1.165, 1.54) is 49.8 Å². The van der Waals surface area contributed by atoms with Crippen molar-refractivity contribution in [3.05, 3.63) is 42.2 Å². The summed E-state index contributed by atoms with van der Waals surface area (Å²) < 4.78 is 12.8. The Kier molecular flexibility index (Phi) is 3.20. The molecule has 0 aliphatic heterocycles. The largest absolute Gasteiger partial charge is 0.207 e. The van der Waals surface area contributed by atoms with Crippen LogP contribution in [0.2, 0.25) is 0 Å². The van der Waals surface area contributed by atoms with Crippen LogP contribution in [-0.4, -0.2) is 0 Å². The predicted octanol–water partition coefficient (Wildman–Crippen LogP) is 4.42. The first-order valence-corrected chi connectivity index (χ1v) is 5.72. The molecule has 1 saturated carbocycles. The third-order valence-electron chi connectivity index (χ3n) is 3.31. The van der Waals surface area contributed by atoms with E-state index < -0.39 is 0 Å². The van der Waals surface area contributed by atoms with Gasteiger partial charge in [0.15, 0.2) is 0 Å². The summed E-state index contributed by atoms with van der Waals surface area (Å²) in [5.74, 6) is 0.444. The van der Waals surface area contributed by atoms with Crippen LogP contribution in [0.3, 0.4) is 0 Å². The minimum absolute atomic E-state index is 0.171. The molecule has 1 aromatic carbocycles. The van der Waals surface area contributed by atoms with E-state index in [1.54, 1.807) is 0 Å². The fraction of sp³-hybridized carbons (Fsp3) is 0.429. The standard InChI is InChI=1S/C14H17F/c1-11(12-5-3-2-4-6-12)13-7-9-14(15)10-8-13/h7-10,12H,1-6H2. The molecule has 0 heterocycles. The minimum atomic E-state index is -0.171. The number of rotatable bonds is 2. The highest BCUT2D eigenvalue weighted by molar-refractivity contribution is 5.65. The Morgan fingerprint density at radius 1 is 1.07 bits per heavy atom. The molecule has 1 aromatic rings. The van der Waals surface area contributed by atoms with Gasteiger partial charge in [0.1, 0.15) is 5.82 Å². The summed E-state index contributed by atoms with van der Waals surface area (Å²) >= 11 is 0.